The van der Waals surface area contributed by atoms with Crippen LogP contribution in [0.15, 0.2) is 0 Å². The van der Waals surface area contributed by atoms with Gasteiger partial charge >= 0.3 is 6.09 Å². The number of aromatic nitrogens is 2. The van der Waals surface area contributed by atoms with Gasteiger partial charge in [0.25, 0.3) is 0 Å². The van der Waals surface area contributed by atoms with Crippen LogP contribution in [-0.4, -0.2) is 21.2 Å². The quantitative estimate of drug-likeness (QED) is 0.913. The van der Waals surface area contributed by atoms with Crippen LogP contribution in [0.5, 0.6) is 0 Å². The topological polar surface area (TPSA) is 56.1 Å². The summed E-state index contributed by atoms with van der Waals surface area (Å²) in [6.07, 6.45) is 3.58. The number of nitrogens with zero attached hydrogens (tertiary/aromatic N) is 2. The zero-order chi connectivity index (χ0) is 15.3. The predicted octanol–water partition coefficient (Wildman–Crippen LogP) is 1.53. The molecule has 1 amide bonds. The first-order valence-electron chi connectivity index (χ1n) is 6.97. The molecule has 1 aromatic rings. The monoisotopic (exact) mass is 279 g/mol. The van der Waals surface area contributed by atoms with Gasteiger partial charge in [0.2, 0.25) is 0 Å². The van der Waals surface area contributed by atoms with E-state index in [-0.39, 0.29) is 0 Å². The van der Waals surface area contributed by atoms with Gasteiger partial charge in [-0.3, -0.25) is 0 Å². The molecule has 112 valence electrons. The van der Waals surface area contributed by atoms with Crippen LogP contribution in [0.4, 0.5) is 4.79 Å². The smallest absolute Gasteiger partial charge is 0.408 e. The van der Waals surface area contributed by atoms with Gasteiger partial charge in [-0.25, -0.2) is 9.78 Å². The third kappa shape index (κ3) is 4.11. The van der Waals surface area contributed by atoms with Gasteiger partial charge in [0.05, 0.1) is 17.2 Å². The molecule has 0 bridgehead atoms. The Balaban J connectivity index is 2.90. The van der Waals surface area contributed by atoms with Gasteiger partial charge in [0.15, 0.2) is 0 Å². The summed E-state index contributed by atoms with van der Waals surface area (Å²) in [5.41, 5.74) is -0.491. The average Bonchev–Trinajstić information content (AvgIpc) is 2.70. The lowest BCUT2D eigenvalue weighted by Crippen LogP contribution is -2.33. The molecule has 0 atom stereocenters. The summed E-state index contributed by atoms with van der Waals surface area (Å²) in [5, 5.41) is 4.77. The van der Waals surface area contributed by atoms with E-state index in [0.29, 0.717) is 6.54 Å². The second kappa shape index (κ2) is 6.59. The Morgan fingerprint density at radius 3 is 2.45 bits per heavy atom. The highest BCUT2D eigenvalue weighted by atomic mass is 16.6. The Hall–Kier alpha value is -1.78. The third-order valence-electron chi connectivity index (χ3n) is 2.77. The molecule has 0 aliphatic rings. The summed E-state index contributed by atoms with van der Waals surface area (Å²) in [6, 6.07) is 0. The van der Waals surface area contributed by atoms with E-state index in [2.05, 4.69) is 21.8 Å². The first-order chi connectivity index (χ1) is 9.32. The largest absolute Gasteiger partial charge is 0.444 e. The maximum atomic E-state index is 11.7. The number of nitrogens with one attached hydrogen (secondary N) is 1. The molecule has 1 aromatic heterocycles. The summed E-state index contributed by atoms with van der Waals surface area (Å²) in [6.45, 7) is 12.7. The average molecular weight is 279 g/mol. The van der Waals surface area contributed by atoms with E-state index >= 15 is 0 Å². The van der Waals surface area contributed by atoms with Crippen molar-refractivity contribution in [1.82, 2.24) is 14.9 Å². The van der Waals surface area contributed by atoms with E-state index < -0.39 is 11.7 Å². The molecule has 0 fully saturated rings. The molecular weight excluding hydrogens is 254 g/mol. The lowest BCUT2D eigenvalue weighted by Gasteiger charge is -2.19. The molecule has 0 aromatic carbocycles. The summed E-state index contributed by atoms with van der Waals surface area (Å²) < 4.78 is 7.31. The number of amides is 1. The van der Waals surface area contributed by atoms with Gasteiger partial charge in [-0.1, -0.05) is 12.2 Å². The number of alkyl carbamates (subject to hydrolysis) is 1. The molecule has 0 spiro atoms. The van der Waals surface area contributed by atoms with Crippen LogP contribution in [0.1, 0.15) is 47.4 Å². The minimum absolute atomic E-state index is 0.359. The maximum Gasteiger partial charge on any atom is 0.408 e. The fourth-order valence-corrected chi connectivity index (χ4v) is 2.00. The molecule has 1 N–H and O–H groups in total. The molecule has 5 nitrogen and oxygen atoms in total. The number of carbonyl (C=O) groups is 1. The normalized spacial score (nSPS) is 13.7. The van der Waals surface area contributed by atoms with Crippen LogP contribution in [0.3, 0.4) is 0 Å². The molecule has 0 unspecified atom stereocenters. The van der Waals surface area contributed by atoms with E-state index in [1.54, 1.807) is 0 Å². The zero-order valence-corrected chi connectivity index (χ0v) is 13.3. The van der Waals surface area contributed by atoms with Gasteiger partial charge in [-0.05, 0) is 41.5 Å². The SMILES string of the molecule is CC=c1nc(CNC(=O)OC(C)(C)C)n(CC)c1=CC. The molecular formula is C15H25N3O2. The second-order valence-electron chi connectivity index (χ2n) is 5.48. The first kappa shape index (κ1) is 16.3. The van der Waals surface area contributed by atoms with Crippen molar-refractivity contribution in [2.45, 2.75) is 60.2 Å². The highest BCUT2D eigenvalue weighted by Gasteiger charge is 2.16. The zero-order valence-electron chi connectivity index (χ0n) is 13.3. The van der Waals surface area contributed by atoms with Crippen molar-refractivity contribution in [3.05, 3.63) is 16.5 Å². The Kier molecular flexibility index (Phi) is 5.36. The van der Waals surface area contributed by atoms with Gasteiger partial charge < -0.3 is 14.6 Å². The number of hydrogen-bond acceptors (Lipinski definition) is 3. The molecule has 1 rings (SSSR count). The Labute approximate surface area is 120 Å². The van der Waals surface area contributed by atoms with Crippen LogP contribution < -0.4 is 16.0 Å². The molecule has 0 radical (unpaired) electrons. The summed E-state index contributed by atoms with van der Waals surface area (Å²) in [5.74, 6) is 0.833. The lowest BCUT2D eigenvalue weighted by atomic mass is 10.2. The van der Waals surface area contributed by atoms with E-state index in [1.807, 2.05) is 46.8 Å². The van der Waals surface area contributed by atoms with Crippen LogP contribution in [0, 0.1) is 0 Å². The molecule has 0 aliphatic carbocycles. The van der Waals surface area contributed by atoms with Crippen LogP contribution in [0.25, 0.3) is 12.2 Å². The van der Waals surface area contributed by atoms with Gasteiger partial charge in [0, 0.05) is 6.54 Å². The lowest BCUT2D eigenvalue weighted by molar-refractivity contribution is 0.0521. The van der Waals surface area contributed by atoms with Crippen molar-refractivity contribution < 1.29 is 9.53 Å². The van der Waals surface area contributed by atoms with Crippen molar-refractivity contribution >= 4 is 18.2 Å². The second-order valence-corrected chi connectivity index (χ2v) is 5.48. The van der Waals surface area contributed by atoms with Gasteiger partial charge in [-0.2, -0.15) is 0 Å². The molecule has 20 heavy (non-hydrogen) atoms. The van der Waals surface area contributed by atoms with Gasteiger partial charge in [0.1, 0.15) is 11.4 Å². The highest BCUT2D eigenvalue weighted by molar-refractivity contribution is 5.67. The van der Waals surface area contributed by atoms with E-state index in [1.165, 1.54) is 0 Å². The minimum Gasteiger partial charge on any atom is -0.444 e. The maximum absolute atomic E-state index is 11.7. The third-order valence-corrected chi connectivity index (χ3v) is 2.77. The number of imidazole rings is 1. The van der Waals surface area contributed by atoms with Crippen molar-refractivity contribution in [2.24, 2.45) is 0 Å². The predicted molar refractivity (Wildman–Crippen MR) is 80.5 cm³/mol. The summed E-state index contributed by atoms with van der Waals surface area (Å²) >= 11 is 0. The number of carbonyl (C=O) groups excluding carboxylic acids is 1. The first-order valence-corrected chi connectivity index (χ1v) is 6.97. The van der Waals surface area contributed by atoms with Crippen LogP contribution in [-0.2, 0) is 17.8 Å². The van der Waals surface area contributed by atoms with E-state index in [0.717, 1.165) is 23.1 Å². The van der Waals surface area contributed by atoms with Crippen LogP contribution in [0.2, 0.25) is 0 Å². The Bertz CT molecular complexity index is 579. The Morgan fingerprint density at radius 2 is 2.00 bits per heavy atom. The standard InChI is InChI=1S/C15H25N3O2/c1-7-11-12(8-2)18(9-3)13(17-11)10-16-14(19)20-15(4,5)6/h7-8H,9-10H2,1-6H3,(H,16,19). The molecule has 1 heterocycles. The fourth-order valence-electron chi connectivity index (χ4n) is 2.00. The van der Waals surface area contributed by atoms with Crippen molar-refractivity contribution in [2.75, 3.05) is 0 Å². The van der Waals surface area contributed by atoms with Crippen molar-refractivity contribution in [3.8, 4) is 0 Å². The molecule has 0 saturated heterocycles. The highest BCUT2D eigenvalue weighted by Crippen LogP contribution is 2.06. The molecule has 5 heteroatoms. The molecule has 0 aliphatic heterocycles. The van der Waals surface area contributed by atoms with E-state index in [9.17, 15) is 4.79 Å². The molecule has 0 saturated carbocycles. The fraction of sp³-hybridized carbons (Fsp3) is 0.600. The van der Waals surface area contributed by atoms with Crippen LogP contribution >= 0.6 is 0 Å². The van der Waals surface area contributed by atoms with E-state index in [4.69, 9.17) is 4.74 Å². The Morgan fingerprint density at radius 1 is 1.35 bits per heavy atom. The summed E-state index contributed by atoms with van der Waals surface area (Å²) in [4.78, 5) is 16.2. The summed E-state index contributed by atoms with van der Waals surface area (Å²) in [7, 11) is 0. The van der Waals surface area contributed by atoms with Crippen molar-refractivity contribution in [3.63, 3.8) is 0 Å². The number of ether oxygens (including phenoxy) is 1. The van der Waals surface area contributed by atoms with Crippen molar-refractivity contribution in [1.29, 1.82) is 0 Å². The number of hydrogen-bond donors (Lipinski definition) is 1. The number of rotatable bonds is 3. The minimum atomic E-state index is -0.491. The van der Waals surface area contributed by atoms with Gasteiger partial charge in [-0.15, -0.1) is 0 Å².